The van der Waals surface area contributed by atoms with E-state index in [1.54, 1.807) is 23.1 Å². The van der Waals surface area contributed by atoms with Crippen LogP contribution in [0.2, 0.25) is 15.1 Å². The van der Waals surface area contributed by atoms with Gasteiger partial charge in [0, 0.05) is 23.4 Å². The number of amides is 2. The maximum Gasteiger partial charge on any atom is 0.243 e. The third-order valence-corrected chi connectivity index (χ3v) is 7.26. The van der Waals surface area contributed by atoms with E-state index in [0.717, 1.165) is 17.5 Å². The van der Waals surface area contributed by atoms with E-state index in [4.69, 9.17) is 34.8 Å². The molecule has 174 valence electrons. The molecule has 0 aliphatic rings. The molecule has 0 bridgehead atoms. The number of nitrogens with one attached hydrogen (secondary N) is 1. The summed E-state index contributed by atoms with van der Waals surface area (Å²) in [6.07, 6.45) is 1.33. The summed E-state index contributed by atoms with van der Waals surface area (Å²) in [6, 6.07) is 12.3. The zero-order chi connectivity index (χ0) is 23.7. The Morgan fingerprint density at radius 1 is 1.00 bits per heavy atom. The van der Waals surface area contributed by atoms with Crippen molar-refractivity contribution in [1.29, 1.82) is 0 Å². The maximum absolute atomic E-state index is 13.3. The molecule has 0 aliphatic heterocycles. The van der Waals surface area contributed by atoms with Crippen molar-refractivity contribution in [2.45, 2.75) is 58.0 Å². The zero-order valence-electron chi connectivity index (χ0n) is 18.5. The number of hydrogen-bond donors (Lipinski definition) is 1. The summed E-state index contributed by atoms with van der Waals surface area (Å²) < 4.78 is 0. The lowest BCUT2D eigenvalue weighted by Gasteiger charge is -2.31. The first-order valence-electron chi connectivity index (χ1n) is 10.6. The second kappa shape index (κ2) is 13.3. The average Bonchev–Trinajstić information content (AvgIpc) is 2.77. The van der Waals surface area contributed by atoms with E-state index < -0.39 is 6.04 Å². The SMILES string of the molecule is CC[C@H](C(=O)N[C@@H](C)CC)N(Cc1ccccc1Cl)C(=O)CSCc1ccc(Cl)c(Cl)c1. The molecule has 1 N–H and O–H groups in total. The predicted molar refractivity (Wildman–Crippen MR) is 137 cm³/mol. The fraction of sp³-hybridized carbons (Fsp3) is 0.417. The highest BCUT2D eigenvalue weighted by atomic mass is 35.5. The Morgan fingerprint density at radius 2 is 1.72 bits per heavy atom. The molecule has 0 spiro atoms. The molecule has 2 amide bonds. The fourth-order valence-corrected chi connectivity index (χ4v) is 4.51. The summed E-state index contributed by atoms with van der Waals surface area (Å²) in [5, 5.41) is 4.58. The molecule has 0 aliphatic carbocycles. The molecule has 2 rings (SSSR count). The molecule has 2 aromatic rings. The van der Waals surface area contributed by atoms with Crippen molar-refractivity contribution in [2.75, 3.05) is 5.75 Å². The molecule has 8 heteroatoms. The highest BCUT2D eigenvalue weighted by Crippen LogP contribution is 2.25. The van der Waals surface area contributed by atoms with E-state index in [2.05, 4.69) is 5.32 Å². The summed E-state index contributed by atoms with van der Waals surface area (Å²) in [5.74, 6) is 0.592. The quantitative estimate of drug-likeness (QED) is 0.367. The highest BCUT2D eigenvalue weighted by molar-refractivity contribution is 7.99. The minimum atomic E-state index is -0.571. The molecule has 32 heavy (non-hydrogen) atoms. The normalized spacial score (nSPS) is 12.8. The molecular formula is C24H29Cl3N2O2S. The molecule has 4 nitrogen and oxygen atoms in total. The smallest absolute Gasteiger partial charge is 0.243 e. The van der Waals surface area contributed by atoms with Crippen molar-refractivity contribution in [3.63, 3.8) is 0 Å². The van der Waals surface area contributed by atoms with Gasteiger partial charge in [0.05, 0.1) is 15.8 Å². The first-order valence-corrected chi connectivity index (χ1v) is 12.9. The summed E-state index contributed by atoms with van der Waals surface area (Å²) in [4.78, 5) is 27.9. The van der Waals surface area contributed by atoms with E-state index in [0.29, 0.717) is 27.2 Å². The van der Waals surface area contributed by atoms with Crippen molar-refractivity contribution in [2.24, 2.45) is 0 Å². The Hall–Kier alpha value is -1.40. The van der Waals surface area contributed by atoms with E-state index in [9.17, 15) is 9.59 Å². The van der Waals surface area contributed by atoms with Crippen molar-refractivity contribution in [3.8, 4) is 0 Å². The number of nitrogens with zero attached hydrogens (tertiary/aromatic N) is 1. The van der Waals surface area contributed by atoms with Crippen LogP contribution in [0.4, 0.5) is 0 Å². The Bertz CT molecular complexity index is 926. The van der Waals surface area contributed by atoms with Crippen molar-refractivity contribution >= 4 is 58.4 Å². The van der Waals surface area contributed by atoms with Gasteiger partial charge in [0.25, 0.3) is 0 Å². The first kappa shape index (κ1) is 26.8. The highest BCUT2D eigenvalue weighted by Gasteiger charge is 2.29. The number of thioether (sulfide) groups is 1. The fourth-order valence-electron chi connectivity index (χ4n) is 3.14. The number of benzene rings is 2. The van der Waals surface area contributed by atoms with Crippen LogP contribution in [0.5, 0.6) is 0 Å². The van der Waals surface area contributed by atoms with Crippen molar-refractivity contribution in [3.05, 3.63) is 68.7 Å². The van der Waals surface area contributed by atoms with Crippen LogP contribution in [-0.4, -0.2) is 34.6 Å². The molecule has 2 aromatic carbocycles. The van der Waals surface area contributed by atoms with Gasteiger partial charge in [-0.15, -0.1) is 11.8 Å². The van der Waals surface area contributed by atoms with Crippen LogP contribution < -0.4 is 5.32 Å². The molecule has 0 aromatic heterocycles. The molecule has 0 saturated carbocycles. The standard InChI is InChI=1S/C24H29Cl3N2O2S/c1-4-16(3)28-24(31)22(5-2)29(13-18-8-6-7-9-19(18)25)23(30)15-32-14-17-10-11-20(26)21(27)12-17/h6-12,16,22H,4-5,13-15H2,1-3H3,(H,28,31)/t16-,22+/m0/s1. The summed E-state index contributed by atoms with van der Waals surface area (Å²) in [5.41, 5.74) is 1.79. The largest absolute Gasteiger partial charge is 0.352 e. The Kier molecular flexibility index (Phi) is 11.2. The number of hydrogen-bond acceptors (Lipinski definition) is 3. The van der Waals surface area contributed by atoms with Crippen molar-refractivity contribution in [1.82, 2.24) is 10.2 Å². The van der Waals surface area contributed by atoms with Crippen LogP contribution in [0, 0.1) is 0 Å². The molecular weight excluding hydrogens is 487 g/mol. The van der Waals surface area contributed by atoms with Gasteiger partial charge in [-0.1, -0.05) is 72.9 Å². The first-order chi connectivity index (χ1) is 15.3. The lowest BCUT2D eigenvalue weighted by molar-refractivity contribution is -0.139. The molecule has 0 radical (unpaired) electrons. The van der Waals surface area contributed by atoms with Crippen LogP contribution in [0.1, 0.15) is 44.7 Å². The lowest BCUT2D eigenvalue weighted by Crippen LogP contribution is -2.51. The second-order valence-corrected chi connectivity index (χ2v) is 9.80. The minimum Gasteiger partial charge on any atom is -0.352 e. The van der Waals surface area contributed by atoms with Crippen LogP contribution in [0.15, 0.2) is 42.5 Å². The van der Waals surface area contributed by atoms with E-state index in [1.807, 2.05) is 45.0 Å². The third-order valence-electron chi connectivity index (χ3n) is 5.16. The van der Waals surface area contributed by atoms with Gasteiger partial charge in [-0.2, -0.15) is 0 Å². The molecule has 0 unspecified atom stereocenters. The Balaban J connectivity index is 2.15. The number of halogens is 3. The number of carbonyl (C=O) groups excluding carboxylic acids is 2. The van der Waals surface area contributed by atoms with Gasteiger partial charge in [-0.05, 0) is 49.1 Å². The average molecular weight is 516 g/mol. The Morgan fingerprint density at radius 3 is 2.34 bits per heavy atom. The van der Waals surface area contributed by atoms with Gasteiger partial charge in [0.15, 0.2) is 0 Å². The van der Waals surface area contributed by atoms with Gasteiger partial charge in [0.2, 0.25) is 11.8 Å². The van der Waals surface area contributed by atoms with Crippen LogP contribution in [0.3, 0.4) is 0 Å². The lowest BCUT2D eigenvalue weighted by atomic mass is 10.1. The summed E-state index contributed by atoms with van der Waals surface area (Å²) in [7, 11) is 0. The van der Waals surface area contributed by atoms with Gasteiger partial charge < -0.3 is 10.2 Å². The minimum absolute atomic E-state index is 0.0397. The molecule has 0 fully saturated rings. The third kappa shape index (κ3) is 7.87. The van der Waals surface area contributed by atoms with Gasteiger partial charge in [-0.3, -0.25) is 9.59 Å². The predicted octanol–water partition coefficient (Wildman–Crippen LogP) is 6.60. The number of rotatable bonds is 11. The summed E-state index contributed by atoms with van der Waals surface area (Å²) >= 11 is 19.9. The van der Waals surface area contributed by atoms with Gasteiger partial charge in [-0.25, -0.2) is 0 Å². The molecule has 0 heterocycles. The summed E-state index contributed by atoms with van der Waals surface area (Å²) in [6.45, 7) is 6.16. The van der Waals surface area contributed by atoms with Gasteiger partial charge in [0.1, 0.15) is 6.04 Å². The molecule has 0 saturated heterocycles. The van der Waals surface area contributed by atoms with Gasteiger partial charge >= 0.3 is 0 Å². The van der Waals surface area contributed by atoms with Crippen LogP contribution in [0.25, 0.3) is 0 Å². The molecule has 2 atom stereocenters. The van der Waals surface area contributed by atoms with Crippen molar-refractivity contribution < 1.29 is 9.59 Å². The van der Waals surface area contributed by atoms with E-state index in [-0.39, 0.29) is 30.2 Å². The van der Waals surface area contributed by atoms with Crippen LogP contribution in [-0.2, 0) is 21.9 Å². The Labute approximate surface area is 210 Å². The van der Waals surface area contributed by atoms with Crippen LogP contribution >= 0.6 is 46.6 Å². The second-order valence-electron chi connectivity index (χ2n) is 7.60. The van der Waals surface area contributed by atoms with E-state index >= 15 is 0 Å². The monoisotopic (exact) mass is 514 g/mol. The number of carbonyl (C=O) groups is 2. The zero-order valence-corrected chi connectivity index (χ0v) is 21.6. The topological polar surface area (TPSA) is 49.4 Å². The van der Waals surface area contributed by atoms with E-state index in [1.165, 1.54) is 11.8 Å². The maximum atomic E-state index is 13.3.